The second-order valence-electron chi connectivity index (χ2n) is 9.12. The van der Waals surface area contributed by atoms with Crippen LogP contribution in [0.3, 0.4) is 0 Å². The molecule has 3 aromatic carbocycles. The van der Waals surface area contributed by atoms with E-state index in [0.29, 0.717) is 5.56 Å². The molecule has 0 spiro atoms. The van der Waals surface area contributed by atoms with Gasteiger partial charge in [0.2, 0.25) is 0 Å². The number of fused-ring (bicyclic) bond motifs is 1. The molecule has 0 bridgehead atoms. The van der Waals surface area contributed by atoms with Crippen LogP contribution in [-0.4, -0.2) is 33.9 Å². The fourth-order valence-electron chi connectivity index (χ4n) is 4.71. The predicted molar refractivity (Wildman–Crippen MR) is 147 cm³/mol. The maximum atomic E-state index is 13.2. The number of hydrogen-bond donors (Lipinski definition) is 1. The molecule has 0 saturated carbocycles. The number of carbonyl (C=O) groups excluding carboxylic acids is 1. The quantitative estimate of drug-likeness (QED) is 0.282. The second kappa shape index (κ2) is 10.0. The molecule has 1 N–H and O–H groups in total. The summed E-state index contributed by atoms with van der Waals surface area (Å²) < 4.78 is 0. The van der Waals surface area contributed by atoms with Gasteiger partial charge in [0.1, 0.15) is 15.4 Å². The van der Waals surface area contributed by atoms with Gasteiger partial charge in [-0.1, -0.05) is 65.9 Å². The average Bonchev–Trinajstić information content (AvgIpc) is 3.59. The number of likely N-dealkylation sites (tertiary alicyclic amines) is 1. The maximum Gasteiger partial charge on any atom is 0.255 e. The molecule has 0 radical (unpaired) electrons. The molecule has 1 aliphatic rings. The van der Waals surface area contributed by atoms with Gasteiger partial charge in [-0.15, -0.1) is 0 Å². The van der Waals surface area contributed by atoms with Crippen molar-refractivity contribution in [2.45, 2.75) is 19.4 Å². The Hall–Kier alpha value is -3.87. The summed E-state index contributed by atoms with van der Waals surface area (Å²) in [6.07, 6.45) is 4.52. The molecule has 178 valence electrons. The Kier molecular flexibility index (Phi) is 6.28. The van der Waals surface area contributed by atoms with E-state index in [-0.39, 0.29) is 5.91 Å². The van der Waals surface area contributed by atoms with E-state index in [4.69, 9.17) is 4.98 Å². The summed E-state index contributed by atoms with van der Waals surface area (Å²) in [5.41, 5.74) is 6.45. The maximum absolute atomic E-state index is 13.2. The van der Waals surface area contributed by atoms with Crippen LogP contribution >= 0.6 is 11.3 Å². The van der Waals surface area contributed by atoms with Crippen LogP contribution in [-0.2, 0) is 6.54 Å². The lowest BCUT2D eigenvalue weighted by Crippen LogP contribution is -2.18. The summed E-state index contributed by atoms with van der Waals surface area (Å²) in [6.45, 7) is 3.23. The zero-order chi connectivity index (χ0) is 24.3. The molecule has 6 heteroatoms. The van der Waals surface area contributed by atoms with E-state index in [1.807, 2.05) is 85.1 Å². The number of amides is 1. The van der Waals surface area contributed by atoms with Crippen molar-refractivity contribution in [1.29, 1.82) is 0 Å². The van der Waals surface area contributed by atoms with Gasteiger partial charge in [0.15, 0.2) is 0 Å². The number of rotatable bonds is 6. The monoisotopic (exact) mass is 490 g/mol. The van der Waals surface area contributed by atoms with Crippen LogP contribution < -0.4 is 5.32 Å². The highest BCUT2D eigenvalue weighted by atomic mass is 32.1. The minimum Gasteiger partial charge on any atom is -0.321 e. The van der Waals surface area contributed by atoms with Crippen molar-refractivity contribution in [1.82, 2.24) is 14.9 Å². The first-order chi connectivity index (χ1) is 17.7. The number of para-hydroxylation sites is 1. The molecule has 1 fully saturated rings. The third kappa shape index (κ3) is 4.78. The highest BCUT2D eigenvalue weighted by Gasteiger charge is 2.16. The van der Waals surface area contributed by atoms with E-state index >= 15 is 0 Å². The van der Waals surface area contributed by atoms with Gasteiger partial charge in [-0.05, 0) is 73.0 Å². The van der Waals surface area contributed by atoms with Crippen molar-refractivity contribution < 1.29 is 4.79 Å². The fraction of sp³-hybridized carbons (Fsp3) is 0.167. The smallest absolute Gasteiger partial charge is 0.255 e. The molecule has 2 aromatic heterocycles. The zero-order valence-corrected chi connectivity index (χ0v) is 20.7. The van der Waals surface area contributed by atoms with E-state index in [0.717, 1.165) is 57.4 Å². The number of benzene rings is 3. The summed E-state index contributed by atoms with van der Waals surface area (Å²) in [7, 11) is 0. The van der Waals surface area contributed by atoms with Gasteiger partial charge in [0.25, 0.3) is 5.91 Å². The number of hydrogen-bond acceptors (Lipinski definition) is 5. The van der Waals surface area contributed by atoms with Gasteiger partial charge in [-0.2, -0.15) is 0 Å². The molecule has 0 atom stereocenters. The van der Waals surface area contributed by atoms with Gasteiger partial charge in [-0.3, -0.25) is 9.69 Å². The first-order valence-corrected chi connectivity index (χ1v) is 13.1. The number of nitrogens with one attached hydrogen (secondary N) is 1. The van der Waals surface area contributed by atoms with Crippen molar-refractivity contribution in [2.24, 2.45) is 0 Å². The molecule has 0 aliphatic carbocycles. The highest BCUT2D eigenvalue weighted by molar-refractivity contribution is 7.21. The summed E-state index contributed by atoms with van der Waals surface area (Å²) >= 11 is 1.55. The largest absolute Gasteiger partial charge is 0.321 e. The summed E-state index contributed by atoms with van der Waals surface area (Å²) in [5, 5.41) is 3.96. The molecule has 0 unspecified atom stereocenters. The van der Waals surface area contributed by atoms with E-state index in [2.05, 4.69) is 21.3 Å². The molecule has 3 heterocycles. The van der Waals surface area contributed by atoms with Crippen LogP contribution in [0.5, 0.6) is 0 Å². The Morgan fingerprint density at radius 1 is 0.889 bits per heavy atom. The first kappa shape index (κ1) is 22.6. The normalized spacial score (nSPS) is 13.8. The lowest BCUT2D eigenvalue weighted by atomic mass is 10.0. The number of thiazole rings is 1. The SMILES string of the molecule is O=C(Nc1ccccc1-c1nc2cc(CN3CCCC3)cnc2s1)c1cccc(-c2ccccc2)c1. The second-order valence-corrected chi connectivity index (χ2v) is 10.1. The van der Waals surface area contributed by atoms with Crippen LogP contribution in [0.1, 0.15) is 28.8 Å². The Morgan fingerprint density at radius 2 is 1.67 bits per heavy atom. The standard InChI is InChI=1S/C30H26N4OS/c35-28(24-12-8-11-23(18-24)22-9-2-1-3-10-22)32-26-14-5-4-13-25(26)29-33-27-17-21(19-31-30(27)36-29)20-34-15-6-7-16-34/h1-5,8-14,17-19H,6-7,15-16,20H2,(H,32,35). The Balaban J connectivity index is 1.26. The van der Waals surface area contributed by atoms with E-state index in [1.54, 1.807) is 11.3 Å². The van der Waals surface area contributed by atoms with Gasteiger partial charge < -0.3 is 5.32 Å². The first-order valence-electron chi connectivity index (χ1n) is 12.3. The number of aromatic nitrogens is 2. The lowest BCUT2D eigenvalue weighted by Gasteiger charge is -2.13. The summed E-state index contributed by atoms with van der Waals surface area (Å²) in [6, 6.07) is 27.8. The summed E-state index contributed by atoms with van der Waals surface area (Å²) in [4.78, 5) is 26.2. The van der Waals surface area contributed by atoms with Gasteiger partial charge in [-0.25, -0.2) is 9.97 Å². The van der Waals surface area contributed by atoms with Crippen LogP contribution in [0.15, 0.2) is 91.1 Å². The van der Waals surface area contributed by atoms with E-state index in [9.17, 15) is 4.79 Å². The van der Waals surface area contributed by atoms with Crippen molar-refractivity contribution in [2.75, 3.05) is 18.4 Å². The van der Waals surface area contributed by atoms with Crippen molar-refractivity contribution in [3.63, 3.8) is 0 Å². The third-order valence-electron chi connectivity index (χ3n) is 6.55. The number of anilines is 1. The van der Waals surface area contributed by atoms with Gasteiger partial charge in [0, 0.05) is 23.9 Å². The van der Waals surface area contributed by atoms with E-state index in [1.165, 1.54) is 18.4 Å². The molecule has 36 heavy (non-hydrogen) atoms. The third-order valence-corrected chi connectivity index (χ3v) is 7.56. The zero-order valence-electron chi connectivity index (χ0n) is 19.9. The Labute approximate surface area is 214 Å². The van der Waals surface area contributed by atoms with Crippen molar-refractivity contribution in [3.05, 3.63) is 102 Å². The van der Waals surface area contributed by atoms with Crippen LogP contribution in [0, 0.1) is 0 Å². The Bertz CT molecular complexity index is 1520. The predicted octanol–water partition coefficient (Wildman–Crippen LogP) is 6.87. The summed E-state index contributed by atoms with van der Waals surface area (Å²) in [5.74, 6) is -0.146. The minimum atomic E-state index is -0.146. The van der Waals surface area contributed by atoms with Crippen LogP contribution in [0.4, 0.5) is 5.69 Å². The molecule has 1 aliphatic heterocycles. The average molecular weight is 491 g/mol. The van der Waals surface area contributed by atoms with Crippen LogP contribution in [0.25, 0.3) is 32.0 Å². The minimum absolute atomic E-state index is 0.146. The van der Waals surface area contributed by atoms with E-state index < -0.39 is 0 Å². The Morgan fingerprint density at radius 3 is 2.53 bits per heavy atom. The molecule has 1 saturated heterocycles. The molecule has 1 amide bonds. The fourth-order valence-corrected chi connectivity index (χ4v) is 5.64. The highest BCUT2D eigenvalue weighted by Crippen LogP contribution is 2.34. The number of carbonyl (C=O) groups is 1. The number of nitrogens with zero attached hydrogens (tertiary/aromatic N) is 3. The van der Waals surface area contributed by atoms with Crippen molar-refractivity contribution >= 4 is 33.3 Å². The lowest BCUT2D eigenvalue weighted by molar-refractivity contribution is 0.102. The molecule has 5 aromatic rings. The molecular weight excluding hydrogens is 464 g/mol. The molecular formula is C30H26N4OS. The number of pyridine rings is 1. The topological polar surface area (TPSA) is 58.1 Å². The van der Waals surface area contributed by atoms with Gasteiger partial charge >= 0.3 is 0 Å². The van der Waals surface area contributed by atoms with Gasteiger partial charge in [0.05, 0.1) is 5.69 Å². The molecule has 6 rings (SSSR count). The van der Waals surface area contributed by atoms with Crippen molar-refractivity contribution in [3.8, 4) is 21.7 Å². The molecule has 5 nitrogen and oxygen atoms in total. The van der Waals surface area contributed by atoms with Crippen LogP contribution in [0.2, 0.25) is 0 Å².